The van der Waals surface area contributed by atoms with Gasteiger partial charge in [-0.2, -0.15) is 0 Å². The first-order valence-corrected chi connectivity index (χ1v) is 6.97. The average molecular weight is 436 g/mol. The minimum atomic E-state index is -0.0880. The van der Waals surface area contributed by atoms with E-state index in [4.69, 9.17) is 15.2 Å². The molecule has 23 heavy (non-hydrogen) atoms. The smallest absolute Gasteiger partial charge is 0.259 e. The normalized spacial score (nSPS) is 10.7. The molecule has 0 atom stereocenters. The molecule has 1 rings (SSSR count). The summed E-state index contributed by atoms with van der Waals surface area (Å²) in [7, 11) is 5.01. The molecule has 8 heteroatoms. The lowest BCUT2D eigenvalue weighted by molar-refractivity contribution is -0.130. The Kier molecular flexibility index (Phi) is 11.1. The quantitative estimate of drug-likeness (QED) is 0.273. The molecule has 0 saturated heterocycles. The number of hydrogen-bond acceptors (Lipinski definition) is 4. The first kappa shape index (κ1) is 21.4. The largest absolute Gasteiger partial charge is 0.484 e. The number of aliphatic imine (C=N–C) groups is 1. The zero-order chi connectivity index (χ0) is 16.4. The van der Waals surface area contributed by atoms with Crippen LogP contribution in [0.3, 0.4) is 0 Å². The van der Waals surface area contributed by atoms with Gasteiger partial charge >= 0.3 is 0 Å². The predicted molar refractivity (Wildman–Crippen MR) is 101 cm³/mol. The fourth-order valence-electron chi connectivity index (χ4n) is 1.52. The number of carbonyl (C=O) groups excluding carboxylic acids is 1. The zero-order valence-electron chi connectivity index (χ0n) is 13.7. The molecule has 0 spiro atoms. The van der Waals surface area contributed by atoms with Gasteiger partial charge in [0.1, 0.15) is 5.75 Å². The Bertz CT molecular complexity index is 509. The molecule has 130 valence electrons. The first-order valence-electron chi connectivity index (χ1n) is 6.97. The van der Waals surface area contributed by atoms with Crippen molar-refractivity contribution < 1.29 is 14.3 Å². The van der Waals surface area contributed by atoms with E-state index in [1.54, 1.807) is 27.3 Å². The lowest BCUT2D eigenvalue weighted by atomic mass is 10.2. The number of benzene rings is 1. The molecule has 0 aromatic heterocycles. The molecule has 1 amide bonds. The number of halogens is 1. The number of guanidine groups is 1. The molecular weight excluding hydrogens is 411 g/mol. The molecule has 1 aromatic carbocycles. The van der Waals surface area contributed by atoms with E-state index in [9.17, 15) is 4.79 Å². The van der Waals surface area contributed by atoms with Gasteiger partial charge in [-0.3, -0.25) is 4.79 Å². The fraction of sp³-hybridized carbons (Fsp3) is 0.467. The molecule has 7 nitrogen and oxygen atoms in total. The second-order valence-electron chi connectivity index (χ2n) is 4.85. The maximum absolute atomic E-state index is 11.5. The van der Waals surface area contributed by atoms with Crippen LogP contribution in [0.4, 0.5) is 0 Å². The molecule has 0 unspecified atom stereocenters. The van der Waals surface area contributed by atoms with E-state index in [2.05, 4.69) is 10.3 Å². The predicted octanol–water partition coefficient (Wildman–Crippen LogP) is 0.822. The fourth-order valence-corrected chi connectivity index (χ4v) is 1.52. The summed E-state index contributed by atoms with van der Waals surface area (Å²) in [6.07, 6.45) is 0. The maximum atomic E-state index is 11.5. The van der Waals surface area contributed by atoms with Gasteiger partial charge in [0.25, 0.3) is 5.91 Å². The van der Waals surface area contributed by atoms with Gasteiger partial charge in [-0.25, -0.2) is 4.99 Å². The Morgan fingerprint density at radius 1 is 1.39 bits per heavy atom. The van der Waals surface area contributed by atoms with Gasteiger partial charge in [-0.05, 0) is 17.7 Å². The minimum Gasteiger partial charge on any atom is -0.484 e. The second-order valence-corrected chi connectivity index (χ2v) is 4.85. The van der Waals surface area contributed by atoms with Crippen LogP contribution in [0.15, 0.2) is 29.3 Å². The van der Waals surface area contributed by atoms with E-state index < -0.39 is 0 Å². The Labute approximate surface area is 154 Å². The summed E-state index contributed by atoms with van der Waals surface area (Å²) in [6.45, 7) is 1.63. The van der Waals surface area contributed by atoms with Crippen molar-refractivity contribution in [1.82, 2.24) is 10.2 Å². The van der Waals surface area contributed by atoms with Crippen molar-refractivity contribution in [2.75, 3.05) is 41.0 Å². The third-order valence-electron chi connectivity index (χ3n) is 2.80. The highest BCUT2D eigenvalue weighted by Gasteiger charge is 2.05. The third-order valence-corrected chi connectivity index (χ3v) is 2.80. The number of nitrogens with zero attached hydrogens (tertiary/aromatic N) is 2. The van der Waals surface area contributed by atoms with Crippen LogP contribution < -0.4 is 15.8 Å². The lowest BCUT2D eigenvalue weighted by Crippen LogP contribution is -2.34. The SMILES string of the molecule is COCCNC(N)=NCc1cccc(OCC(=O)N(C)C)c1.I. The Morgan fingerprint density at radius 2 is 2.13 bits per heavy atom. The third kappa shape index (κ3) is 9.24. The highest BCUT2D eigenvalue weighted by atomic mass is 127. The summed E-state index contributed by atoms with van der Waals surface area (Å²) in [4.78, 5) is 17.2. The van der Waals surface area contributed by atoms with E-state index in [-0.39, 0.29) is 36.5 Å². The van der Waals surface area contributed by atoms with Crippen molar-refractivity contribution in [2.24, 2.45) is 10.7 Å². The molecule has 0 saturated carbocycles. The van der Waals surface area contributed by atoms with Gasteiger partial charge in [0.15, 0.2) is 12.6 Å². The number of nitrogens with one attached hydrogen (secondary N) is 1. The summed E-state index contributed by atoms with van der Waals surface area (Å²) < 4.78 is 10.4. The molecule has 0 heterocycles. The van der Waals surface area contributed by atoms with Gasteiger partial charge in [0, 0.05) is 27.7 Å². The molecular formula is C15H25IN4O3. The summed E-state index contributed by atoms with van der Waals surface area (Å²) in [5.41, 5.74) is 6.68. The molecule has 0 fully saturated rings. The van der Waals surface area contributed by atoms with Crippen molar-refractivity contribution >= 4 is 35.8 Å². The van der Waals surface area contributed by atoms with Gasteiger partial charge in [0.2, 0.25) is 0 Å². The monoisotopic (exact) mass is 436 g/mol. The topological polar surface area (TPSA) is 89.2 Å². The van der Waals surface area contributed by atoms with Crippen LogP contribution in [0.25, 0.3) is 0 Å². The number of hydrogen-bond donors (Lipinski definition) is 2. The van der Waals surface area contributed by atoms with Gasteiger partial charge in [0.05, 0.1) is 13.2 Å². The highest BCUT2D eigenvalue weighted by molar-refractivity contribution is 14.0. The number of ether oxygens (including phenoxy) is 2. The summed E-state index contributed by atoms with van der Waals surface area (Å²) in [5, 5.41) is 2.94. The van der Waals surface area contributed by atoms with E-state index in [0.717, 1.165) is 5.56 Å². The van der Waals surface area contributed by atoms with Gasteiger partial charge in [-0.1, -0.05) is 12.1 Å². The molecule has 0 radical (unpaired) electrons. The van der Waals surface area contributed by atoms with Gasteiger partial charge < -0.3 is 25.4 Å². The van der Waals surface area contributed by atoms with E-state index in [1.165, 1.54) is 4.90 Å². The van der Waals surface area contributed by atoms with Crippen LogP contribution >= 0.6 is 24.0 Å². The summed E-state index contributed by atoms with van der Waals surface area (Å²) in [6, 6.07) is 7.42. The molecule has 0 aliphatic carbocycles. The number of likely N-dealkylation sites (N-methyl/N-ethyl adjacent to an activating group) is 1. The molecule has 1 aromatic rings. The van der Waals surface area contributed by atoms with Crippen molar-refractivity contribution in [3.63, 3.8) is 0 Å². The molecule has 0 aliphatic rings. The summed E-state index contributed by atoms with van der Waals surface area (Å²) in [5.74, 6) is 0.912. The van der Waals surface area contributed by atoms with Crippen molar-refractivity contribution in [3.8, 4) is 5.75 Å². The van der Waals surface area contributed by atoms with Crippen molar-refractivity contribution in [1.29, 1.82) is 0 Å². The second kappa shape index (κ2) is 11.9. The zero-order valence-corrected chi connectivity index (χ0v) is 16.1. The summed E-state index contributed by atoms with van der Waals surface area (Å²) >= 11 is 0. The van der Waals surface area contributed by atoms with Crippen LogP contribution in [0.2, 0.25) is 0 Å². The minimum absolute atomic E-state index is 0. The number of rotatable bonds is 8. The van der Waals surface area contributed by atoms with E-state index in [1.807, 2.05) is 18.2 Å². The van der Waals surface area contributed by atoms with Crippen LogP contribution in [0.1, 0.15) is 5.56 Å². The Balaban J connectivity index is 0.00000484. The first-order chi connectivity index (χ1) is 10.5. The number of nitrogens with two attached hydrogens (primary N) is 1. The molecule has 0 aliphatic heterocycles. The van der Waals surface area contributed by atoms with Gasteiger partial charge in [-0.15, -0.1) is 24.0 Å². The average Bonchev–Trinajstić information content (AvgIpc) is 2.51. The lowest BCUT2D eigenvalue weighted by Gasteiger charge is -2.11. The highest BCUT2D eigenvalue weighted by Crippen LogP contribution is 2.14. The van der Waals surface area contributed by atoms with Crippen molar-refractivity contribution in [2.45, 2.75) is 6.54 Å². The number of amides is 1. The number of carbonyl (C=O) groups is 1. The Hall–Kier alpha value is -1.55. The Morgan fingerprint density at radius 3 is 2.78 bits per heavy atom. The van der Waals surface area contributed by atoms with E-state index >= 15 is 0 Å². The van der Waals surface area contributed by atoms with Crippen molar-refractivity contribution in [3.05, 3.63) is 29.8 Å². The maximum Gasteiger partial charge on any atom is 0.259 e. The van der Waals surface area contributed by atoms with E-state index in [0.29, 0.717) is 31.4 Å². The number of methoxy groups -OCH3 is 1. The van der Waals surface area contributed by atoms with Crippen LogP contribution in [0.5, 0.6) is 5.75 Å². The molecule has 3 N–H and O–H groups in total. The van der Waals surface area contributed by atoms with Crippen LogP contribution in [-0.2, 0) is 16.1 Å². The van der Waals surface area contributed by atoms with Crippen LogP contribution in [0, 0.1) is 0 Å². The standard InChI is InChI=1S/C15H24N4O3.HI/c1-19(2)14(20)11-22-13-6-4-5-12(9-13)10-18-15(16)17-7-8-21-3;/h4-6,9H,7-8,10-11H2,1-3H3,(H3,16,17,18);1H. The van der Waals surface area contributed by atoms with Crippen LogP contribution in [-0.4, -0.2) is 57.7 Å². The molecule has 0 bridgehead atoms.